The molecule has 0 aliphatic rings. The van der Waals surface area contributed by atoms with E-state index in [9.17, 15) is 48.7 Å². The summed E-state index contributed by atoms with van der Waals surface area (Å²) in [5.74, 6) is -9.71. The van der Waals surface area contributed by atoms with Crippen molar-refractivity contribution in [3.63, 3.8) is 0 Å². The SMILES string of the molecule is CNCc1ccc(C(F)(F)C(F)(F)F)cc1C.Cc1cc(C(F)(F)C(F)(F)F)ccc1C=O. The third-order valence-electron chi connectivity index (χ3n) is 4.54. The van der Waals surface area contributed by atoms with Gasteiger partial charge in [-0.1, -0.05) is 24.3 Å². The van der Waals surface area contributed by atoms with E-state index >= 15 is 0 Å². The van der Waals surface area contributed by atoms with Crippen molar-refractivity contribution >= 4 is 6.29 Å². The van der Waals surface area contributed by atoms with Crippen LogP contribution in [0.5, 0.6) is 0 Å². The van der Waals surface area contributed by atoms with Crippen molar-refractivity contribution in [2.75, 3.05) is 7.05 Å². The fourth-order valence-electron chi connectivity index (χ4n) is 2.61. The summed E-state index contributed by atoms with van der Waals surface area (Å²) in [6.45, 7) is 3.21. The van der Waals surface area contributed by atoms with Gasteiger partial charge in [-0.3, -0.25) is 4.79 Å². The Kier molecular flexibility index (Phi) is 8.70. The number of halogens is 10. The summed E-state index contributed by atoms with van der Waals surface area (Å²) in [5, 5.41) is 2.80. The van der Waals surface area contributed by atoms with Gasteiger partial charge in [-0.25, -0.2) is 0 Å². The van der Waals surface area contributed by atoms with Crippen LogP contribution in [-0.4, -0.2) is 25.7 Å². The minimum absolute atomic E-state index is 0.0800. The molecule has 2 nitrogen and oxygen atoms in total. The molecular weight excluding hydrogens is 472 g/mol. The Bertz CT molecular complexity index is 964. The molecule has 184 valence electrons. The Hall–Kier alpha value is -2.63. The van der Waals surface area contributed by atoms with Crippen molar-refractivity contribution in [2.24, 2.45) is 0 Å². The number of nitrogens with one attached hydrogen (secondary N) is 1. The second-order valence-electron chi connectivity index (χ2n) is 7.01. The molecule has 2 aromatic rings. The molecule has 0 spiro atoms. The minimum Gasteiger partial charge on any atom is -0.316 e. The normalized spacial score (nSPS) is 12.8. The van der Waals surface area contributed by atoms with Crippen LogP contribution in [0, 0.1) is 13.8 Å². The maximum Gasteiger partial charge on any atom is 0.458 e. The molecule has 0 aromatic heterocycles. The van der Waals surface area contributed by atoms with E-state index < -0.39 is 35.3 Å². The number of hydrogen-bond donors (Lipinski definition) is 1. The first-order valence-electron chi connectivity index (χ1n) is 9.10. The topological polar surface area (TPSA) is 29.1 Å². The molecule has 0 heterocycles. The molecule has 0 unspecified atom stereocenters. The molecule has 0 saturated carbocycles. The van der Waals surface area contributed by atoms with Gasteiger partial charge in [-0.2, -0.15) is 43.9 Å². The zero-order valence-corrected chi connectivity index (χ0v) is 17.4. The van der Waals surface area contributed by atoms with Crippen LogP contribution >= 0.6 is 0 Å². The molecule has 12 heteroatoms. The molecule has 33 heavy (non-hydrogen) atoms. The first-order valence-corrected chi connectivity index (χ1v) is 9.10. The van der Waals surface area contributed by atoms with Crippen LogP contribution in [0.4, 0.5) is 43.9 Å². The van der Waals surface area contributed by atoms with Gasteiger partial charge in [0.15, 0.2) is 0 Å². The van der Waals surface area contributed by atoms with Crippen molar-refractivity contribution in [3.05, 3.63) is 69.8 Å². The molecule has 0 aliphatic heterocycles. The second kappa shape index (κ2) is 10.1. The number of hydrogen-bond acceptors (Lipinski definition) is 2. The second-order valence-corrected chi connectivity index (χ2v) is 7.01. The first-order chi connectivity index (χ1) is 14.9. The van der Waals surface area contributed by atoms with Gasteiger partial charge in [-0.15, -0.1) is 0 Å². The Labute approximate surface area is 182 Å². The molecule has 2 rings (SSSR count). The van der Waals surface area contributed by atoms with Gasteiger partial charge in [0.25, 0.3) is 0 Å². The van der Waals surface area contributed by atoms with E-state index in [1.165, 1.54) is 19.9 Å². The highest BCUT2D eigenvalue weighted by molar-refractivity contribution is 5.77. The summed E-state index contributed by atoms with van der Waals surface area (Å²) >= 11 is 0. The quantitative estimate of drug-likeness (QED) is 0.367. The standard InChI is InChI=1S/C11H12F5N.C10H7F5O/c1-7-5-9(4-3-8(7)6-17-2)10(12,13)11(14,15)16;1-6-4-8(3-2-7(6)5-16)9(11,12)10(13,14)15/h3-5,17H,6H2,1-2H3;2-5H,1H3. The molecule has 0 fully saturated rings. The summed E-state index contributed by atoms with van der Waals surface area (Å²) < 4.78 is 124. The van der Waals surface area contributed by atoms with Crippen molar-refractivity contribution in [2.45, 2.75) is 44.6 Å². The lowest BCUT2D eigenvalue weighted by Gasteiger charge is -2.20. The van der Waals surface area contributed by atoms with E-state index in [0.29, 0.717) is 36.1 Å². The molecule has 0 saturated heterocycles. The van der Waals surface area contributed by atoms with Gasteiger partial charge < -0.3 is 5.32 Å². The van der Waals surface area contributed by atoms with Crippen LogP contribution in [0.15, 0.2) is 36.4 Å². The monoisotopic (exact) mass is 491 g/mol. The Morgan fingerprint density at radius 3 is 1.48 bits per heavy atom. The summed E-state index contributed by atoms with van der Waals surface area (Å²) in [5.41, 5.74) is -0.932. The molecule has 0 aliphatic carbocycles. The Balaban J connectivity index is 0.000000331. The summed E-state index contributed by atoms with van der Waals surface area (Å²) in [6, 6.07) is 5.17. The van der Waals surface area contributed by atoms with Crippen LogP contribution in [0.2, 0.25) is 0 Å². The Morgan fingerprint density at radius 2 is 1.15 bits per heavy atom. The lowest BCUT2D eigenvalue weighted by atomic mass is 10.0. The van der Waals surface area contributed by atoms with E-state index in [4.69, 9.17) is 0 Å². The largest absolute Gasteiger partial charge is 0.458 e. The highest BCUT2D eigenvalue weighted by Crippen LogP contribution is 2.45. The van der Waals surface area contributed by atoms with Crippen LogP contribution in [0.3, 0.4) is 0 Å². The van der Waals surface area contributed by atoms with Gasteiger partial charge in [-0.05, 0) is 49.7 Å². The fraction of sp³-hybridized carbons (Fsp3) is 0.381. The predicted octanol–water partition coefficient (Wildman–Crippen LogP) is 6.83. The zero-order valence-electron chi connectivity index (χ0n) is 17.4. The van der Waals surface area contributed by atoms with Crippen LogP contribution in [0.1, 0.15) is 38.2 Å². The van der Waals surface area contributed by atoms with Crippen molar-refractivity contribution in [1.82, 2.24) is 5.32 Å². The van der Waals surface area contributed by atoms with Crippen LogP contribution < -0.4 is 5.32 Å². The maximum atomic E-state index is 13.0. The highest BCUT2D eigenvalue weighted by atomic mass is 19.4. The molecule has 1 N–H and O–H groups in total. The lowest BCUT2D eigenvalue weighted by molar-refractivity contribution is -0.289. The number of rotatable bonds is 5. The summed E-state index contributed by atoms with van der Waals surface area (Å²) in [6.07, 6.45) is -10.8. The number of carbonyl (C=O) groups is 1. The molecule has 0 bridgehead atoms. The van der Waals surface area contributed by atoms with Gasteiger partial charge in [0.1, 0.15) is 6.29 Å². The third kappa shape index (κ3) is 6.46. The van der Waals surface area contributed by atoms with E-state index in [0.717, 1.165) is 18.2 Å². The van der Waals surface area contributed by atoms with E-state index in [1.54, 1.807) is 7.05 Å². The minimum atomic E-state index is -5.64. The van der Waals surface area contributed by atoms with E-state index in [2.05, 4.69) is 5.32 Å². The van der Waals surface area contributed by atoms with Gasteiger partial charge >= 0.3 is 24.2 Å². The highest BCUT2D eigenvalue weighted by Gasteiger charge is 2.59. The zero-order chi connectivity index (χ0) is 25.8. The summed E-state index contributed by atoms with van der Waals surface area (Å²) in [7, 11) is 1.66. The average Bonchev–Trinajstić information content (AvgIpc) is 2.68. The van der Waals surface area contributed by atoms with Gasteiger partial charge in [0, 0.05) is 23.2 Å². The number of aldehydes is 1. The summed E-state index contributed by atoms with van der Waals surface area (Å²) in [4.78, 5) is 10.4. The number of aryl methyl sites for hydroxylation is 2. The molecular formula is C21H19F10NO. The molecule has 0 radical (unpaired) electrons. The van der Waals surface area contributed by atoms with Gasteiger partial charge in [0.05, 0.1) is 0 Å². The average molecular weight is 491 g/mol. The number of alkyl halides is 10. The molecule has 0 atom stereocenters. The predicted molar refractivity (Wildman–Crippen MR) is 100 cm³/mol. The van der Waals surface area contributed by atoms with Crippen LogP contribution in [-0.2, 0) is 18.4 Å². The third-order valence-corrected chi connectivity index (χ3v) is 4.54. The van der Waals surface area contributed by atoms with Crippen molar-refractivity contribution in [3.8, 4) is 0 Å². The molecule has 2 aromatic carbocycles. The fourth-order valence-corrected chi connectivity index (χ4v) is 2.61. The van der Waals surface area contributed by atoms with Gasteiger partial charge in [0.2, 0.25) is 0 Å². The number of benzene rings is 2. The van der Waals surface area contributed by atoms with Crippen LogP contribution in [0.25, 0.3) is 0 Å². The first kappa shape index (κ1) is 28.4. The van der Waals surface area contributed by atoms with E-state index in [-0.39, 0.29) is 11.1 Å². The smallest absolute Gasteiger partial charge is 0.316 e. The molecule has 0 amide bonds. The van der Waals surface area contributed by atoms with Crippen molar-refractivity contribution < 1.29 is 48.7 Å². The lowest BCUT2D eigenvalue weighted by Crippen LogP contribution is -2.33. The Morgan fingerprint density at radius 1 is 0.727 bits per heavy atom. The van der Waals surface area contributed by atoms with Crippen molar-refractivity contribution in [1.29, 1.82) is 0 Å². The maximum absolute atomic E-state index is 13.0. The number of carbonyl (C=O) groups excluding carboxylic acids is 1. The van der Waals surface area contributed by atoms with E-state index in [1.807, 2.05) is 0 Å².